The standard InChI is InChI=1S/C28H25Cl2NO5/c1-4-7-20-14-19-8-5-6-9-22(19)26(27(20)36-3)28(34)31(17-25(33)35-2)16-21(12-13-32)18-10-11-23(29)24(30)15-18/h5-6,8-11,13-15,21H,12,16-17H2,1-3H3. The third-order valence-corrected chi connectivity index (χ3v) is 6.49. The van der Waals surface area contributed by atoms with Crippen LogP contribution in [0, 0.1) is 11.8 Å². The van der Waals surface area contributed by atoms with Crippen molar-refractivity contribution in [3.8, 4) is 17.6 Å². The predicted octanol–water partition coefficient (Wildman–Crippen LogP) is 5.51. The number of halogens is 2. The van der Waals surface area contributed by atoms with Gasteiger partial charge in [0.15, 0.2) is 0 Å². The Morgan fingerprint density at radius 1 is 1.08 bits per heavy atom. The number of aldehydes is 1. The Morgan fingerprint density at radius 2 is 1.83 bits per heavy atom. The summed E-state index contributed by atoms with van der Waals surface area (Å²) < 4.78 is 10.5. The van der Waals surface area contributed by atoms with Gasteiger partial charge in [0.25, 0.3) is 5.91 Å². The number of hydrogen-bond acceptors (Lipinski definition) is 5. The van der Waals surface area contributed by atoms with Gasteiger partial charge in [0.05, 0.1) is 35.4 Å². The quantitative estimate of drug-likeness (QED) is 0.209. The minimum absolute atomic E-state index is 0.0474. The second-order valence-corrected chi connectivity index (χ2v) is 8.78. The van der Waals surface area contributed by atoms with E-state index >= 15 is 0 Å². The fourth-order valence-corrected chi connectivity index (χ4v) is 4.35. The minimum atomic E-state index is -0.602. The molecule has 0 aliphatic heterocycles. The maximum absolute atomic E-state index is 14.1. The van der Waals surface area contributed by atoms with Gasteiger partial charge < -0.3 is 19.2 Å². The molecule has 0 radical (unpaired) electrons. The monoisotopic (exact) mass is 525 g/mol. The number of ether oxygens (including phenoxy) is 2. The number of carbonyl (C=O) groups excluding carboxylic acids is 3. The Bertz CT molecular complexity index is 1360. The molecule has 0 saturated carbocycles. The fraction of sp³-hybridized carbons (Fsp3) is 0.250. The van der Waals surface area contributed by atoms with Crippen LogP contribution in [-0.4, -0.2) is 50.4 Å². The van der Waals surface area contributed by atoms with Gasteiger partial charge in [-0.2, -0.15) is 0 Å². The molecule has 186 valence electrons. The highest BCUT2D eigenvalue weighted by Gasteiger charge is 2.29. The number of rotatable bonds is 9. The van der Waals surface area contributed by atoms with Gasteiger partial charge >= 0.3 is 5.97 Å². The third-order valence-electron chi connectivity index (χ3n) is 5.75. The highest BCUT2D eigenvalue weighted by atomic mass is 35.5. The Hall–Kier alpha value is -3.53. The molecule has 36 heavy (non-hydrogen) atoms. The Morgan fingerprint density at radius 3 is 2.47 bits per heavy atom. The van der Waals surface area contributed by atoms with Gasteiger partial charge in [-0.3, -0.25) is 9.59 Å². The molecule has 8 heteroatoms. The molecule has 0 aliphatic rings. The second-order valence-electron chi connectivity index (χ2n) is 7.96. The summed E-state index contributed by atoms with van der Waals surface area (Å²) in [7, 11) is 2.72. The third kappa shape index (κ3) is 5.99. The molecule has 3 aromatic carbocycles. The number of hydrogen-bond donors (Lipinski definition) is 0. The molecule has 0 aliphatic carbocycles. The van der Waals surface area contributed by atoms with E-state index in [9.17, 15) is 14.4 Å². The van der Waals surface area contributed by atoms with Crippen LogP contribution >= 0.6 is 23.2 Å². The maximum Gasteiger partial charge on any atom is 0.325 e. The lowest BCUT2D eigenvalue weighted by Gasteiger charge is -2.28. The minimum Gasteiger partial charge on any atom is -0.495 e. The number of methoxy groups -OCH3 is 2. The largest absolute Gasteiger partial charge is 0.495 e. The van der Waals surface area contributed by atoms with Crippen molar-refractivity contribution in [3.05, 3.63) is 75.3 Å². The van der Waals surface area contributed by atoms with E-state index in [1.165, 1.54) is 19.1 Å². The van der Waals surface area contributed by atoms with Crippen LogP contribution in [0.15, 0.2) is 48.5 Å². The van der Waals surface area contributed by atoms with Crippen LogP contribution in [0.4, 0.5) is 0 Å². The first kappa shape index (κ1) is 27.1. The maximum atomic E-state index is 14.1. The number of esters is 1. The lowest BCUT2D eigenvalue weighted by Crippen LogP contribution is -2.39. The molecule has 0 fully saturated rings. The van der Waals surface area contributed by atoms with Crippen LogP contribution in [-0.2, 0) is 14.3 Å². The summed E-state index contributed by atoms with van der Waals surface area (Å²) in [6.07, 6.45) is 0.865. The SMILES string of the molecule is CC#Cc1cc2ccccc2c(C(=O)N(CC(=O)OC)CC(CC=O)c2ccc(Cl)c(Cl)c2)c1OC. The van der Waals surface area contributed by atoms with Gasteiger partial charge in [-0.15, -0.1) is 5.92 Å². The smallest absolute Gasteiger partial charge is 0.325 e. The summed E-state index contributed by atoms with van der Waals surface area (Å²) in [5.74, 6) is 4.65. The summed E-state index contributed by atoms with van der Waals surface area (Å²) in [4.78, 5) is 39.3. The normalized spacial score (nSPS) is 11.2. The topological polar surface area (TPSA) is 72.9 Å². The number of nitrogens with zero attached hydrogens (tertiary/aromatic N) is 1. The lowest BCUT2D eigenvalue weighted by atomic mass is 9.94. The van der Waals surface area contributed by atoms with Crippen molar-refractivity contribution in [2.75, 3.05) is 27.3 Å². The molecule has 1 amide bonds. The molecule has 0 N–H and O–H groups in total. The molecule has 0 spiro atoms. The van der Waals surface area contributed by atoms with Crippen LogP contribution in [0.1, 0.15) is 40.7 Å². The van der Waals surface area contributed by atoms with Gasteiger partial charge in [-0.1, -0.05) is 59.5 Å². The Balaban J connectivity index is 2.16. The zero-order valence-corrected chi connectivity index (χ0v) is 21.7. The average molecular weight is 526 g/mol. The second kappa shape index (κ2) is 12.4. The van der Waals surface area contributed by atoms with Crippen molar-refractivity contribution in [2.24, 2.45) is 0 Å². The lowest BCUT2D eigenvalue weighted by molar-refractivity contribution is -0.141. The summed E-state index contributed by atoms with van der Waals surface area (Å²) in [6, 6.07) is 14.3. The summed E-state index contributed by atoms with van der Waals surface area (Å²) in [6.45, 7) is 1.42. The van der Waals surface area contributed by atoms with Crippen molar-refractivity contribution in [1.29, 1.82) is 0 Å². The van der Waals surface area contributed by atoms with Crippen LogP contribution in [0.2, 0.25) is 10.0 Å². The number of carbonyl (C=O) groups is 3. The van der Waals surface area contributed by atoms with E-state index in [-0.39, 0.29) is 25.1 Å². The molecule has 0 aromatic heterocycles. The van der Waals surface area contributed by atoms with Gasteiger partial charge in [0, 0.05) is 18.9 Å². The van der Waals surface area contributed by atoms with Crippen molar-refractivity contribution in [3.63, 3.8) is 0 Å². The molecule has 1 atom stereocenters. The molecular formula is C28H25Cl2NO5. The van der Waals surface area contributed by atoms with Gasteiger partial charge in [0.2, 0.25) is 0 Å². The summed E-state index contributed by atoms with van der Waals surface area (Å²) in [5.41, 5.74) is 1.53. The van der Waals surface area contributed by atoms with Gasteiger partial charge in [-0.25, -0.2) is 0 Å². The first-order valence-corrected chi connectivity index (χ1v) is 11.9. The zero-order valence-electron chi connectivity index (χ0n) is 20.1. The fourth-order valence-electron chi connectivity index (χ4n) is 4.04. The van der Waals surface area contributed by atoms with Gasteiger partial charge in [-0.05, 0) is 41.5 Å². The zero-order chi connectivity index (χ0) is 26.2. The first-order valence-electron chi connectivity index (χ1n) is 11.1. The van der Waals surface area contributed by atoms with E-state index in [0.717, 1.165) is 11.7 Å². The molecule has 1 unspecified atom stereocenters. The van der Waals surface area contributed by atoms with Crippen molar-refractivity contribution >= 4 is 52.1 Å². The number of amides is 1. The van der Waals surface area contributed by atoms with Gasteiger partial charge in [0.1, 0.15) is 18.6 Å². The highest BCUT2D eigenvalue weighted by molar-refractivity contribution is 6.42. The van der Waals surface area contributed by atoms with Crippen LogP contribution < -0.4 is 4.74 Å². The summed E-state index contributed by atoms with van der Waals surface area (Å²) >= 11 is 12.3. The van der Waals surface area contributed by atoms with E-state index in [0.29, 0.717) is 32.3 Å². The van der Waals surface area contributed by atoms with E-state index in [2.05, 4.69) is 11.8 Å². The van der Waals surface area contributed by atoms with Crippen LogP contribution in [0.5, 0.6) is 5.75 Å². The molecule has 0 bridgehead atoms. The van der Waals surface area contributed by atoms with E-state index in [1.807, 2.05) is 30.3 Å². The first-order chi connectivity index (χ1) is 17.3. The molecule has 0 saturated heterocycles. The van der Waals surface area contributed by atoms with Crippen molar-refractivity contribution in [1.82, 2.24) is 4.90 Å². The van der Waals surface area contributed by atoms with Crippen molar-refractivity contribution in [2.45, 2.75) is 19.3 Å². The van der Waals surface area contributed by atoms with Crippen molar-refractivity contribution < 1.29 is 23.9 Å². The molecule has 3 rings (SSSR count). The molecule has 6 nitrogen and oxygen atoms in total. The highest BCUT2D eigenvalue weighted by Crippen LogP contribution is 2.34. The van der Waals surface area contributed by atoms with Crippen LogP contribution in [0.25, 0.3) is 10.8 Å². The Kier molecular flexibility index (Phi) is 9.35. The van der Waals surface area contributed by atoms with E-state index < -0.39 is 17.8 Å². The van der Waals surface area contributed by atoms with E-state index in [4.69, 9.17) is 32.7 Å². The summed E-state index contributed by atoms with van der Waals surface area (Å²) in [5, 5.41) is 2.15. The number of fused-ring (bicyclic) bond motifs is 1. The number of benzene rings is 3. The van der Waals surface area contributed by atoms with Crippen LogP contribution in [0.3, 0.4) is 0 Å². The predicted molar refractivity (Wildman–Crippen MR) is 141 cm³/mol. The molecule has 0 heterocycles. The molecule has 3 aromatic rings. The van der Waals surface area contributed by atoms with E-state index in [1.54, 1.807) is 25.1 Å². The average Bonchev–Trinajstić information content (AvgIpc) is 2.88. The Labute approximate surface area is 220 Å². The molecular weight excluding hydrogens is 501 g/mol.